The van der Waals surface area contributed by atoms with Crippen molar-refractivity contribution in [3.63, 3.8) is 0 Å². The van der Waals surface area contributed by atoms with Crippen LogP contribution in [0, 0.1) is 12.7 Å². The summed E-state index contributed by atoms with van der Waals surface area (Å²) in [6.07, 6.45) is 2.13. The van der Waals surface area contributed by atoms with Crippen LogP contribution in [0.25, 0.3) is 5.76 Å². The highest BCUT2D eigenvalue weighted by molar-refractivity contribution is 6.35. The predicted octanol–water partition coefficient (Wildman–Crippen LogP) is 6.75. The summed E-state index contributed by atoms with van der Waals surface area (Å²) in [5.41, 5.74) is 5.00. The molecule has 0 N–H and O–H groups in total. The number of nitrogens with zero attached hydrogens (tertiary/aromatic N) is 1. The molecule has 0 saturated heterocycles. The number of para-hydroxylation sites is 1. The van der Waals surface area contributed by atoms with E-state index in [0.717, 1.165) is 28.0 Å². The number of ether oxygens (including phenoxy) is 1. The summed E-state index contributed by atoms with van der Waals surface area (Å²) in [4.78, 5) is 2.09. The van der Waals surface area contributed by atoms with Gasteiger partial charge in [0.2, 0.25) is 0 Å². The summed E-state index contributed by atoms with van der Waals surface area (Å²) in [6, 6.07) is 22.7. The second kappa shape index (κ2) is 9.09. The lowest BCUT2D eigenvalue weighted by atomic mass is 9.83. The zero-order chi connectivity index (χ0) is 22.0. The molecule has 2 nitrogen and oxygen atoms in total. The molecule has 0 bridgehead atoms. The molecule has 1 atom stereocenters. The largest absolute Gasteiger partial charge is 0.455 e. The summed E-state index contributed by atoms with van der Waals surface area (Å²) >= 11 is 7.07. The number of fused-ring (bicyclic) bond motifs is 1. The standard InChI is InChI=1S/C27H25ClFNO/c1-18-8-10-20(11-9-18)27-26(28)23(16-17-30(2)3)25(19-12-14-21(29)15-13-19)22-6-4-5-7-24(22)31-27/h4-16,25H,17H2,1-3H3/b23-16-/t25-/m1/s1. The van der Waals surface area contributed by atoms with Crippen molar-refractivity contribution >= 4 is 17.4 Å². The molecular weight excluding hydrogens is 409 g/mol. The first-order valence-electron chi connectivity index (χ1n) is 10.3. The van der Waals surface area contributed by atoms with Gasteiger partial charge in [0.15, 0.2) is 5.76 Å². The van der Waals surface area contributed by atoms with E-state index in [2.05, 4.69) is 24.0 Å². The van der Waals surface area contributed by atoms with E-state index in [0.29, 0.717) is 17.3 Å². The van der Waals surface area contributed by atoms with E-state index in [9.17, 15) is 4.39 Å². The molecule has 1 heterocycles. The Hall–Kier alpha value is -2.88. The van der Waals surface area contributed by atoms with Crippen LogP contribution in [0.15, 0.2) is 89.5 Å². The lowest BCUT2D eigenvalue weighted by Gasteiger charge is -2.21. The zero-order valence-electron chi connectivity index (χ0n) is 17.9. The lowest BCUT2D eigenvalue weighted by Crippen LogP contribution is -2.13. The van der Waals surface area contributed by atoms with Crippen LogP contribution in [0.5, 0.6) is 5.75 Å². The van der Waals surface area contributed by atoms with E-state index >= 15 is 0 Å². The fourth-order valence-electron chi connectivity index (χ4n) is 3.79. The monoisotopic (exact) mass is 433 g/mol. The number of allylic oxidation sites excluding steroid dienone is 2. The number of rotatable bonds is 4. The molecule has 0 spiro atoms. The van der Waals surface area contributed by atoms with Gasteiger partial charge < -0.3 is 9.64 Å². The zero-order valence-corrected chi connectivity index (χ0v) is 18.7. The van der Waals surface area contributed by atoms with Crippen LogP contribution in [-0.2, 0) is 0 Å². The summed E-state index contributed by atoms with van der Waals surface area (Å²) in [5.74, 6) is 0.942. The molecule has 4 rings (SSSR count). The Kier molecular flexibility index (Phi) is 6.26. The van der Waals surface area contributed by atoms with Crippen molar-refractivity contribution in [1.82, 2.24) is 4.90 Å². The first-order valence-corrected chi connectivity index (χ1v) is 10.7. The summed E-state index contributed by atoms with van der Waals surface area (Å²) in [6.45, 7) is 2.77. The molecule has 4 heteroatoms. The van der Waals surface area contributed by atoms with Crippen molar-refractivity contribution in [2.45, 2.75) is 12.8 Å². The highest BCUT2D eigenvalue weighted by Gasteiger charge is 2.30. The molecule has 1 aliphatic heterocycles. The van der Waals surface area contributed by atoms with Gasteiger partial charge in [0.1, 0.15) is 11.6 Å². The number of aryl methyl sites for hydroxylation is 1. The normalized spacial score (nSPS) is 17.5. The molecule has 0 unspecified atom stereocenters. The molecule has 3 aromatic rings. The van der Waals surface area contributed by atoms with Gasteiger partial charge in [-0.2, -0.15) is 0 Å². The quantitative estimate of drug-likeness (QED) is 0.451. The molecule has 0 radical (unpaired) electrons. The molecule has 0 amide bonds. The minimum Gasteiger partial charge on any atom is -0.455 e. The van der Waals surface area contributed by atoms with Crippen LogP contribution >= 0.6 is 11.6 Å². The molecule has 0 saturated carbocycles. The van der Waals surface area contributed by atoms with Crippen LogP contribution in [0.2, 0.25) is 0 Å². The average molecular weight is 434 g/mol. The van der Waals surface area contributed by atoms with Crippen molar-refractivity contribution in [2.24, 2.45) is 0 Å². The summed E-state index contributed by atoms with van der Waals surface area (Å²) < 4.78 is 20.1. The number of hydrogen-bond acceptors (Lipinski definition) is 2. The number of likely N-dealkylation sites (N-methyl/N-ethyl adjacent to an activating group) is 1. The van der Waals surface area contributed by atoms with Crippen LogP contribution in [0.3, 0.4) is 0 Å². The molecule has 0 aromatic heterocycles. The third-order valence-corrected chi connectivity index (χ3v) is 5.79. The van der Waals surface area contributed by atoms with Gasteiger partial charge in [0.25, 0.3) is 0 Å². The first kappa shape index (κ1) is 21.4. The maximum Gasteiger partial charge on any atom is 0.153 e. The number of halogens is 2. The maximum absolute atomic E-state index is 13.7. The van der Waals surface area contributed by atoms with Gasteiger partial charge in [0.05, 0.1) is 5.03 Å². The molecule has 0 aliphatic carbocycles. The van der Waals surface area contributed by atoms with Crippen LogP contribution in [0.4, 0.5) is 4.39 Å². The summed E-state index contributed by atoms with van der Waals surface area (Å²) in [7, 11) is 4.03. The van der Waals surface area contributed by atoms with Crippen molar-refractivity contribution in [2.75, 3.05) is 20.6 Å². The van der Waals surface area contributed by atoms with Gasteiger partial charge in [-0.15, -0.1) is 0 Å². The molecule has 1 aliphatic rings. The minimum atomic E-state index is -0.261. The van der Waals surface area contributed by atoms with Crippen molar-refractivity contribution in [1.29, 1.82) is 0 Å². The van der Waals surface area contributed by atoms with E-state index in [1.807, 2.05) is 68.7 Å². The van der Waals surface area contributed by atoms with Gasteiger partial charge in [0, 0.05) is 23.6 Å². The Morgan fingerprint density at radius 3 is 2.32 bits per heavy atom. The highest BCUT2D eigenvalue weighted by Crippen LogP contribution is 2.47. The van der Waals surface area contributed by atoms with Crippen LogP contribution < -0.4 is 4.74 Å². The Morgan fingerprint density at radius 2 is 1.65 bits per heavy atom. The molecule has 31 heavy (non-hydrogen) atoms. The Bertz CT molecular complexity index is 1130. The second-order valence-electron chi connectivity index (χ2n) is 8.06. The molecule has 3 aromatic carbocycles. The fourth-order valence-corrected chi connectivity index (χ4v) is 4.12. The second-order valence-corrected chi connectivity index (χ2v) is 8.43. The fraction of sp³-hybridized carbons (Fsp3) is 0.185. The number of benzene rings is 3. The van der Waals surface area contributed by atoms with E-state index < -0.39 is 0 Å². The smallest absolute Gasteiger partial charge is 0.153 e. The topological polar surface area (TPSA) is 12.5 Å². The van der Waals surface area contributed by atoms with Crippen LogP contribution in [0.1, 0.15) is 28.2 Å². The highest BCUT2D eigenvalue weighted by atomic mass is 35.5. The maximum atomic E-state index is 13.7. The van der Waals surface area contributed by atoms with Gasteiger partial charge in [-0.3, -0.25) is 0 Å². The van der Waals surface area contributed by atoms with Crippen molar-refractivity contribution in [3.8, 4) is 5.75 Å². The Balaban J connectivity index is 1.97. The van der Waals surface area contributed by atoms with Gasteiger partial charge in [-0.1, -0.05) is 77.8 Å². The third-order valence-electron chi connectivity index (χ3n) is 5.40. The van der Waals surface area contributed by atoms with Gasteiger partial charge in [-0.25, -0.2) is 4.39 Å². The Labute approximate surface area is 188 Å². The predicted molar refractivity (Wildman–Crippen MR) is 126 cm³/mol. The van der Waals surface area contributed by atoms with Crippen molar-refractivity contribution < 1.29 is 9.13 Å². The van der Waals surface area contributed by atoms with Gasteiger partial charge in [-0.05, 0) is 50.4 Å². The first-order chi connectivity index (χ1) is 14.9. The van der Waals surface area contributed by atoms with E-state index in [4.69, 9.17) is 16.3 Å². The van der Waals surface area contributed by atoms with Gasteiger partial charge >= 0.3 is 0 Å². The van der Waals surface area contributed by atoms with E-state index in [-0.39, 0.29) is 11.7 Å². The number of hydrogen-bond donors (Lipinski definition) is 0. The molecular formula is C27H25ClFNO. The van der Waals surface area contributed by atoms with E-state index in [1.165, 1.54) is 17.7 Å². The third kappa shape index (κ3) is 4.58. The molecule has 0 fully saturated rings. The SMILES string of the molecule is Cc1ccc(C2=C(Cl)/C(=C\CN(C)C)[C@H](c3ccc(F)cc3)c3ccccc3O2)cc1. The van der Waals surface area contributed by atoms with E-state index in [1.54, 1.807) is 0 Å². The average Bonchev–Trinajstić information content (AvgIpc) is 2.88. The lowest BCUT2D eigenvalue weighted by molar-refractivity contribution is 0.455. The van der Waals surface area contributed by atoms with Crippen molar-refractivity contribution in [3.05, 3.63) is 118 Å². The molecule has 158 valence electrons. The Morgan fingerprint density at radius 1 is 0.968 bits per heavy atom. The summed E-state index contributed by atoms with van der Waals surface area (Å²) in [5, 5.41) is 0.566. The minimum absolute atomic E-state index is 0.174. The van der Waals surface area contributed by atoms with Crippen LogP contribution in [-0.4, -0.2) is 25.5 Å².